The molecule has 1 atom stereocenters. The van der Waals surface area contributed by atoms with Gasteiger partial charge in [0.15, 0.2) is 0 Å². The number of aliphatic hydroxyl groups is 1. The van der Waals surface area contributed by atoms with Crippen molar-refractivity contribution < 1.29 is 5.11 Å². The lowest BCUT2D eigenvalue weighted by molar-refractivity contribution is 0.0820. The van der Waals surface area contributed by atoms with Crippen molar-refractivity contribution >= 4 is 0 Å². The van der Waals surface area contributed by atoms with Crippen LogP contribution in [0.3, 0.4) is 0 Å². The van der Waals surface area contributed by atoms with Gasteiger partial charge in [0.05, 0.1) is 6.61 Å². The van der Waals surface area contributed by atoms with Crippen LogP contribution in [0.15, 0.2) is 0 Å². The normalized spacial score (nSPS) is 29.2. The third-order valence-corrected chi connectivity index (χ3v) is 2.36. The quantitative estimate of drug-likeness (QED) is 0.593. The van der Waals surface area contributed by atoms with Gasteiger partial charge in [0.1, 0.15) is 0 Å². The summed E-state index contributed by atoms with van der Waals surface area (Å²) in [5.41, 5.74) is 0. The summed E-state index contributed by atoms with van der Waals surface area (Å²) in [6.07, 6.45) is 0. The number of nitrogens with zero attached hydrogens (tertiary/aromatic N) is 2. The van der Waals surface area contributed by atoms with Crippen molar-refractivity contribution in [2.45, 2.75) is 13.0 Å². The molecule has 11 heavy (non-hydrogen) atoms. The van der Waals surface area contributed by atoms with Crippen LogP contribution in [0.4, 0.5) is 0 Å². The van der Waals surface area contributed by atoms with E-state index < -0.39 is 0 Å². The minimum Gasteiger partial charge on any atom is -0.395 e. The lowest BCUT2D eigenvalue weighted by atomic mass is 10.2. The van der Waals surface area contributed by atoms with Gasteiger partial charge in [-0.1, -0.05) is 0 Å². The van der Waals surface area contributed by atoms with Crippen LogP contribution in [0.25, 0.3) is 0 Å². The highest BCUT2D eigenvalue weighted by Gasteiger charge is 2.19. The zero-order valence-electron chi connectivity index (χ0n) is 7.45. The summed E-state index contributed by atoms with van der Waals surface area (Å²) < 4.78 is 0. The van der Waals surface area contributed by atoms with Crippen molar-refractivity contribution in [3.8, 4) is 0 Å². The largest absolute Gasteiger partial charge is 0.395 e. The van der Waals surface area contributed by atoms with Crippen LogP contribution >= 0.6 is 0 Å². The monoisotopic (exact) mass is 158 g/mol. The molecule has 1 heterocycles. The van der Waals surface area contributed by atoms with Gasteiger partial charge >= 0.3 is 0 Å². The fourth-order valence-electron chi connectivity index (χ4n) is 1.64. The van der Waals surface area contributed by atoms with Gasteiger partial charge in [-0.25, -0.2) is 0 Å². The summed E-state index contributed by atoms with van der Waals surface area (Å²) in [7, 11) is 2.15. The van der Waals surface area contributed by atoms with Crippen LogP contribution in [-0.2, 0) is 0 Å². The summed E-state index contributed by atoms with van der Waals surface area (Å²) in [6, 6.07) is 0.598. The Balaban J connectivity index is 2.31. The number of hydrogen-bond acceptors (Lipinski definition) is 3. The molecule has 1 unspecified atom stereocenters. The number of likely N-dealkylation sites (N-methyl/N-ethyl adjacent to an activating group) is 1. The first-order valence-corrected chi connectivity index (χ1v) is 4.27. The van der Waals surface area contributed by atoms with Crippen LogP contribution < -0.4 is 0 Å². The molecule has 0 aromatic heterocycles. The van der Waals surface area contributed by atoms with E-state index in [4.69, 9.17) is 5.11 Å². The minimum atomic E-state index is 0.286. The highest BCUT2D eigenvalue weighted by atomic mass is 16.3. The van der Waals surface area contributed by atoms with Gasteiger partial charge in [-0.15, -0.1) is 0 Å². The van der Waals surface area contributed by atoms with Gasteiger partial charge in [0, 0.05) is 32.2 Å². The van der Waals surface area contributed by atoms with Crippen LogP contribution in [-0.4, -0.2) is 60.8 Å². The fourth-order valence-corrected chi connectivity index (χ4v) is 1.64. The van der Waals surface area contributed by atoms with E-state index in [9.17, 15) is 0 Å². The second-order valence-electron chi connectivity index (χ2n) is 3.37. The van der Waals surface area contributed by atoms with Crippen molar-refractivity contribution in [2.24, 2.45) is 0 Å². The molecule has 0 aromatic carbocycles. The first-order chi connectivity index (χ1) is 5.24. The molecule has 1 saturated heterocycles. The number of β-amino-alcohol motifs (C(OH)–C–C–N with tert-alkyl or cyclic N) is 1. The molecule has 0 amide bonds. The maximum atomic E-state index is 8.75. The first-order valence-electron chi connectivity index (χ1n) is 4.27. The molecular weight excluding hydrogens is 140 g/mol. The average molecular weight is 158 g/mol. The Bertz CT molecular complexity index is 119. The molecule has 0 radical (unpaired) electrons. The van der Waals surface area contributed by atoms with Crippen molar-refractivity contribution in [1.29, 1.82) is 0 Å². The van der Waals surface area contributed by atoms with Crippen LogP contribution in [0.5, 0.6) is 0 Å². The minimum absolute atomic E-state index is 0.286. The first kappa shape index (κ1) is 8.97. The molecule has 1 N–H and O–H groups in total. The highest BCUT2D eigenvalue weighted by molar-refractivity contribution is 4.76. The molecule has 3 nitrogen and oxygen atoms in total. The molecule has 3 heteroatoms. The Labute approximate surface area is 68.6 Å². The standard InChI is InChI=1S/C8H18N2O/c1-8-7-9(2)3-4-10(8)5-6-11/h8,11H,3-7H2,1-2H3. The fraction of sp³-hybridized carbons (Fsp3) is 1.00. The number of rotatable bonds is 2. The van der Waals surface area contributed by atoms with Gasteiger partial charge in [-0.05, 0) is 14.0 Å². The van der Waals surface area contributed by atoms with E-state index >= 15 is 0 Å². The Morgan fingerprint density at radius 1 is 1.45 bits per heavy atom. The third kappa shape index (κ3) is 2.43. The molecule has 0 aliphatic carbocycles. The molecule has 0 aromatic rings. The van der Waals surface area contributed by atoms with Crippen LogP contribution in [0, 0.1) is 0 Å². The zero-order chi connectivity index (χ0) is 8.27. The molecule has 1 aliphatic rings. The Kier molecular flexibility index (Phi) is 3.30. The Hall–Kier alpha value is -0.120. The van der Waals surface area contributed by atoms with Crippen LogP contribution in [0.2, 0.25) is 0 Å². The maximum Gasteiger partial charge on any atom is 0.0558 e. The topological polar surface area (TPSA) is 26.7 Å². The Morgan fingerprint density at radius 2 is 2.18 bits per heavy atom. The third-order valence-electron chi connectivity index (χ3n) is 2.36. The smallest absolute Gasteiger partial charge is 0.0558 e. The molecular formula is C8H18N2O. The number of aliphatic hydroxyl groups excluding tert-OH is 1. The van der Waals surface area contributed by atoms with E-state index in [0.717, 1.165) is 26.2 Å². The van der Waals surface area contributed by atoms with Gasteiger partial charge < -0.3 is 10.0 Å². The Morgan fingerprint density at radius 3 is 2.73 bits per heavy atom. The van der Waals surface area contributed by atoms with Crippen LogP contribution in [0.1, 0.15) is 6.92 Å². The maximum absolute atomic E-state index is 8.75. The molecule has 0 bridgehead atoms. The van der Waals surface area contributed by atoms with Crippen molar-refractivity contribution in [2.75, 3.05) is 39.8 Å². The van der Waals surface area contributed by atoms with Gasteiger partial charge in [0.25, 0.3) is 0 Å². The van der Waals surface area contributed by atoms with Crippen molar-refractivity contribution in [3.05, 3.63) is 0 Å². The molecule has 1 rings (SSSR count). The van der Waals surface area contributed by atoms with E-state index in [0.29, 0.717) is 6.04 Å². The lowest BCUT2D eigenvalue weighted by Crippen LogP contribution is -2.51. The molecule has 66 valence electrons. The highest BCUT2D eigenvalue weighted by Crippen LogP contribution is 2.06. The van der Waals surface area contributed by atoms with E-state index in [1.54, 1.807) is 0 Å². The van der Waals surface area contributed by atoms with Gasteiger partial charge in [0.2, 0.25) is 0 Å². The molecule has 0 spiro atoms. The van der Waals surface area contributed by atoms with E-state index in [1.165, 1.54) is 0 Å². The predicted molar refractivity (Wildman–Crippen MR) is 45.6 cm³/mol. The summed E-state index contributed by atoms with van der Waals surface area (Å²) in [5, 5.41) is 8.75. The van der Waals surface area contributed by atoms with E-state index in [2.05, 4.69) is 23.8 Å². The second-order valence-corrected chi connectivity index (χ2v) is 3.37. The van der Waals surface area contributed by atoms with Crippen molar-refractivity contribution in [1.82, 2.24) is 9.80 Å². The second kappa shape index (κ2) is 4.04. The molecule has 1 fully saturated rings. The number of piperazine rings is 1. The van der Waals surface area contributed by atoms with Gasteiger partial charge in [-0.3, -0.25) is 4.90 Å². The lowest BCUT2D eigenvalue weighted by Gasteiger charge is -2.37. The van der Waals surface area contributed by atoms with Crippen molar-refractivity contribution in [3.63, 3.8) is 0 Å². The summed E-state index contributed by atoms with van der Waals surface area (Å²) >= 11 is 0. The molecule has 0 saturated carbocycles. The van der Waals surface area contributed by atoms with E-state index in [-0.39, 0.29) is 6.61 Å². The molecule has 1 aliphatic heterocycles. The van der Waals surface area contributed by atoms with Gasteiger partial charge in [-0.2, -0.15) is 0 Å². The predicted octanol–water partition coefficient (Wildman–Crippen LogP) is -0.385. The average Bonchev–Trinajstić information content (AvgIpc) is 1.95. The summed E-state index contributed by atoms with van der Waals surface area (Å²) in [4.78, 5) is 4.67. The summed E-state index contributed by atoms with van der Waals surface area (Å²) in [5.74, 6) is 0. The SMILES string of the molecule is CC1CN(C)CCN1CCO. The zero-order valence-corrected chi connectivity index (χ0v) is 7.45. The van der Waals surface area contributed by atoms with E-state index in [1.807, 2.05) is 0 Å². The number of hydrogen-bond donors (Lipinski definition) is 1. The summed E-state index contributed by atoms with van der Waals surface area (Å²) in [6.45, 7) is 6.68.